The van der Waals surface area contributed by atoms with Crippen molar-refractivity contribution in [2.75, 3.05) is 42.3 Å². The molecule has 1 aromatic carbocycles. The fourth-order valence-electron chi connectivity index (χ4n) is 2.86. The first-order chi connectivity index (χ1) is 9.39. The Morgan fingerprint density at radius 3 is 2.05 bits per heavy atom. The van der Waals surface area contributed by atoms with Gasteiger partial charge in [0.15, 0.2) is 0 Å². The van der Waals surface area contributed by atoms with Crippen LogP contribution < -0.4 is 0 Å². The first kappa shape index (κ1) is 15.3. The normalized spacial score (nSPS) is 13.8. The van der Waals surface area contributed by atoms with Crippen LogP contribution in [0.4, 0.5) is 0 Å². The molecule has 6 nitrogen and oxygen atoms in total. The Labute approximate surface area is 121 Å². The summed E-state index contributed by atoms with van der Waals surface area (Å²) in [7, 11) is 10.9. The summed E-state index contributed by atoms with van der Waals surface area (Å²) in [6.45, 7) is 0. The fourth-order valence-corrected chi connectivity index (χ4v) is 6.74. The van der Waals surface area contributed by atoms with Crippen molar-refractivity contribution in [3.8, 4) is 0 Å². The van der Waals surface area contributed by atoms with Crippen LogP contribution >= 0.6 is 7.71 Å². The van der Waals surface area contributed by atoms with Gasteiger partial charge in [-0.3, -0.25) is 0 Å². The van der Waals surface area contributed by atoms with E-state index >= 15 is 0 Å². The molecule has 2 rings (SSSR count). The molecule has 0 amide bonds. The van der Waals surface area contributed by atoms with E-state index < -0.39 is 7.71 Å². The molecule has 0 saturated heterocycles. The van der Waals surface area contributed by atoms with E-state index in [1.807, 2.05) is 22.9 Å². The van der Waals surface area contributed by atoms with Crippen LogP contribution in [0.2, 0.25) is 0 Å². The molecule has 0 unspecified atom stereocenters. The van der Waals surface area contributed by atoms with Crippen LogP contribution in [-0.4, -0.2) is 71.3 Å². The second-order valence-corrected chi connectivity index (χ2v) is 10.2. The predicted molar refractivity (Wildman–Crippen MR) is 86.9 cm³/mol. The van der Waals surface area contributed by atoms with Crippen LogP contribution in [0.15, 0.2) is 24.3 Å². The van der Waals surface area contributed by atoms with Crippen molar-refractivity contribution in [1.29, 1.82) is 0 Å². The van der Waals surface area contributed by atoms with E-state index in [4.69, 9.17) is 0 Å². The SMILES string of the molecule is CN(C)[PH](Cn1nnc2ccccc21)(N(C)C)N(C)C. The standard InChI is InChI=1S/C13H25N6P/c1-16(2)20(17(3)4,18(5)6)11-19-13-10-8-7-9-12(13)14-15-19/h7-10,20H,11H2,1-6H3. The molecular weight excluding hydrogens is 271 g/mol. The maximum absolute atomic E-state index is 4.35. The molecule has 2 aromatic rings. The molecule has 20 heavy (non-hydrogen) atoms. The van der Waals surface area contributed by atoms with Crippen LogP contribution in [0, 0.1) is 0 Å². The Hall–Kier alpha value is -1.07. The number of fused-ring (bicyclic) bond motifs is 1. The number of aromatic nitrogens is 3. The van der Waals surface area contributed by atoms with E-state index in [-0.39, 0.29) is 0 Å². The van der Waals surface area contributed by atoms with Crippen molar-refractivity contribution < 1.29 is 0 Å². The molecule has 7 heteroatoms. The summed E-state index contributed by atoms with van der Waals surface area (Å²) in [4.78, 5) is 0. The molecular formula is C13H25N6P. The molecule has 1 aromatic heterocycles. The Morgan fingerprint density at radius 1 is 0.950 bits per heavy atom. The summed E-state index contributed by atoms with van der Waals surface area (Å²) in [5.74, 6) is 0. The van der Waals surface area contributed by atoms with Gasteiger partial charge in [0.25, 0.3) is 0 Å². The van der Waals surface area contributed by atoms with E-state index in [2.05, 4.69) is 72.7 Å². The van der Waals surface area contributed by atoms with Crippen molar-refractivity contribution in [3.63, 3.8) is 0 Å². The Balaban J connectivity index is 2.47. The molecule has 0 bridgehead atoms. The van der Waals surface area contributed by atoms with Crippen LogP contribution in [0.25, 0.3) is 11.0 Å². The molecule has 0 atom stereocenters. The van der Waals surface area contributed by atoms with Gasteiger partial charge < -0.3 is 0 Å². The monoisotopic (exact) mass is 296 g/mol. The second-order valence-electron chi connectivity index (χ2n) is 5.69. The van der Waals surface area contributed by atoms with Crippen molar-refractivity contribution in [2.24, 2.45) is 0 Å². The maximum atomic E-state index is 4.35. The molecule has 0 fully saturated rings. The third kappa shape index (κ3) is 2.44. The first-order valence-electron chi connectivity index (χ1n) is 6.70. The number of para-hydroxylation sites is 1. The number of rotatable bonds is 5. The van der Waals surface area contributed by atoms with Gasteiger partial charge in [0, 0.05) is 0 Å². The number of hydrogen-bond donors (Lipinski definition) is 0. The average Bonchev–Trinajstić information content (AvgIpc) is 2.77. The molecule has 0 aliphatic heterocycles. The van der Waals surface area contributed by atoms with Gasteiger partial charge in [0.05, 0.1) is 0 Å². The van der Waals surface area contributed by atoms with Gasteiger partial charge in [-0.15, -0.1) is 0 Å². The van der Waals surface area contributed by atoms with Gasteiger partial charge in [0.2, 0.25) is 0 Å². The van der Waals surface area contributed by atoms with Crippen molar-refractivity contribution in [3.05, 3.63) is 24.3 Å². The van der Waals surface area contributed by atoms with E-state index in [0.717, 1.165) is 17.3 Å². The topological polar surface area (TPSA) is 40.4 Å². The van der Waals surface area contributed by atoms with E-state index in [1.165, 1.54) is 0 Å². The molecule has 0 N–H and O–H groups in total. The molecule has 0 aliphatic carbocycles. The summed E-state index contributed by atoms with van der Waals surface area (Å²) < 4.78 is 9.04. The fraction of sp³-hybridized carbons (Fsp3) is 0.538. The minimum atomic E-state index is -1.99. The van der Waals surface area contributed by atoms with Crippen LogP contribution in [0.5, 0.6) is 0 Å². The van der Waals surface area contributed by atoms with E-state index in [0.29, 0.717) is 0 Å². The summed E-state index contributed by atoms with van der Waals surface area (Å²) in [5, 5.41) is 8.61. The first-order valence-corrected chi connectivity index (χ1v) is 8.75. The summed E-state index contributed by atoms with van der Waals surface area (Å²) >= 11 is 0. The average molecular weight is 296 g/mol. The van der Waals surface area contributed by atoms with E-state index in [1.54, 1.807) is 0 Å². The third-order valence-electron chi connectivity index (χ3n) is 3.93. The van der Waals surface area contributed by atoms with E-state index in [9.17, 15) is 0 Å². The van der Waals surface area contributed by atoms with Gasteiger partial charge in [-0.05, 0) is 0 Å². The zero-order chi connectivity index (χ0) is 14.9. The van der Waals surface area contributed by atoms with Crippen molar-refractivity contribution in [2.45, 2.75) is 6.29 Å². The van der Waals surface area contributed by atoms with Crippen LogP contribution in [0.3, 0.4) is 0 Å². The molecule has 0 aliphatic rings. The van der Waals surface area contributed by atoms with Gasteiger partial charge >= 0.3 is 121 Å². The second kappa shape index (κ2) is 5.74. The predicted octanol–water partition coefficient (Wildman–Crippen LogP) is 1.57. The Bertz CT molecular complexity index is 555. The summed E-state index contributed by atoms with van der Waals surface area (Å²) in [6, 6.07) is 8.11. The number of nitrogens with zero attached hydrogens (tertiary/aromatic N) is 6. The Kier molecular flexibility index (Phi) is 4.39. The quantitative estimate of drug-likeness (QED) is 0.783. The van der Waals surface area contributed by atoms with Gasteiger partial charge in [-0.25, -0.2) is 0 Å². The molecule has 1 heterocycles. The van der Waals surface area contributed by atoms with Crippen LogP contribution in [-0.2, 0) is 6.29 Å². The summed E-state index contributed by atoms with van der Waals surface area (Å²) in [5.41, 5.74) is 2.04. The van der Waals surface area contributed by atoms with Gasteiger partial charge in [0.1, 0.15) is 0 Å². The number of hydrogen-bond acceptors (Lipinski definition) is 5. The third-order valence-corrected chi connectivity index (χ3v) is 8.95. The van der Waals surface area contributed by atoms with Crippen LogP contribution in [0.1, 0.15) is 0 Å². The number of benzene rings is 1. The zero-order valence-electron chi connectivity index (χ0n) is 13.2. The van der Waals surface area contributed by atoms with Gasteiger partial charge in [-0.2, -0.15) is 0 Å². The minimum absolute atomic E-state index is 0.848. The van der Waals surface area contributed by atoms with Crippen molar-refractivity contribution >= 4 is 18.7 Å². The molecule has 0 spiro atoms. The zero-order valence-corrected chi connectivity index (χ0v) is 14.2. The van der Waals surface area contributed by atoms with Crippen molar-refractivity contribution in [1.82, 2.24) is 29.0 Å². The molecule has 0 radical (unpaired) electrons. The molecule has 0 saturated carbocycles. The molecule has 112 valence electrons. The Morgan fingerprint density at radius 2 is 1.50 bits per heavy atom. The van der Waals surface area contributed by atoms with Gasteiger partial charge in [-0.1, -0.05) is 0 Å². The summed E-state index contributed by atoms with van der Waals surface area (Å²) in [6.07, 6.45) is 0.848.